The van der Waals surface area contributed by atoms with Gasteiger partial charge in [-0.3, -0.25) is 4.79 Å². The normalized spacial score (nSPS) is 11.6. The summed E-state index contributed by atoms with van der Waals surface area (Å²) in [6.07, 6.45) is 0.927. The van der Waals surface area contributed by atoms with E-state index in [1.807, 2.05) is 0 Å². The average molecular weight is 320 g/mol. The number of halogens is 2. The number of nitrogens with zero attached hydrogens (tertiary/aromatic N) is 2. The molecule has 0 radical (unpaired) electrons. The molecule has 0 atom stereocenters. The number of amides is 1. The van der Waals surface area contributed by atoms with Gasteiger partial charge in [-0.25, -0.2) is 9.82 Å². The number of carbonyl (C=O) groups excluding carboxylic acids is 1. The second kappa shape index (κ2) is 7.33. The van der Waals surface area contributed by atoms with Crippen LogP contribution in [0.4, 0.5) is 4.39 Å². The number of benzene rings is 2. The quantitative estimate of drug-likeness (QED) is 0.516. The Bertz CT molecular complexity index is 747. The Labute approximate surface area is 130 Å². The summed E-state index contributed by atoms with van der Waals surface area (Å²) in [5.41, 5.74) is 2.61. The topological polar surface area (TPSA) is 74.0 Å². The van der Waals surface area contributed by atoms with Crippen molar-refractivity contribution in [2.45, 2.75) is 0 Å². The first kappa shape index (κ1) is 15.7. The van der Waals surface area contributed by atoms with Gasteiger partial charge in [0, 0.05) is 16.1 Å². The van der Waals surface area contributed by atoms with E-state index in [0.29, 0.717) is 10.6 Å². The number of nitrogens with one attached hydrogen (secondary N) is 1. The van der Waals surface area contributed by atoms with E-state index in [9.17, 15) is 9.18 Å². The van der Waals surface area contributed by atoms with Crippen LogP contribution in [0.25, 0.3) is 0 Å². The van der Waals surface area contributed by atoms with Crippen molar-refractivity contribution in [3.8, 4) is 0 Å². The molecule has 2 N–H and O–H groups in total. The number of hydrazone groups is 1. The van der Waals surface area contributed by atoms with Gasteiger partial charge in [0.25, 0.3) is 5.91 Å². The molecule has 0 fully saturated rings. The Morgan fingerprint density at radius 3 is 2.68 bits per heavy atom. The van der Waals surface area contributed by atoms with Crippen molar-refractivity contribution in [2.24, 2.45) is 10.3 Å². The van der Waals surface area contributed by atoms with Crippen molar-refractivity contribution in [1.82, 2.24) is 5.43 Å². The van der Waals surface area contributed by atoms with E-state index in [0.717, 1.165) is 6.21 Å². The summed E-state index contributed by atoms with van der Waals surface area (Å²) in [5, 5.41) is 15.6. The lowest BCUT2D eigenvalue weighted by atomic mass is 10.1. The maximum atomic E-state index is 13.7. The van der Waals surface area contributed by atoms with Crippen molar-refractivity contribution in [2.75, 3.05) is 0 Å². The maximum absolute atomic E-state index is 13.7. The Kier molecular flexibility index (Phi) is 5.21. The summed E-state index contributed by atoms with van der Waals surface area (Å²) in [6, 6.07) is 12.1. The van der Waals surface area contributed by atoms with Gasteiger partial charge in [-0.2, -0.15) is 5.10 Å². The van der Waals surface area contributed by atoms with Crippen molar-refractivity contribution in [3.63, 3.8) is 0 Å². The highest BCUT2D eigenvalue weighted by Crippen LogP contribution is 2.11. The van der Waals surface area contributed by atoms with Crippen LogP contribution in [0.2, 0.25) is 5.02 Å². The van der Waals surface area contributed by atoms with Crippen LogP contribution in [0.15, 0.2) is 58.8 Å². The van der Waals surface area contributed by atoms with Crippen LogP contribution in [-0.2, 0) is 0 Å². The Morgan fingerprint density at radius 1 is 1.23 bits per heavy atom. The van der Waals surface area contributed by atoms with Gasteiger partial charge in [0.1, 0.15) is 11.5 Å². The molecule has 0 unspecified atom stereocenters. The highest BCUT2D eigenvalue weighted by molar-refractivity contribution is 6.38. The van der Waals surface area contributed by atoms with E-state index < -0.39 is 11.7 Å². The minimum Gasteiger partial charge on any atom is -0.411 e. The second-order valence-corrected chi connectivity index (χ2v) is 4.61. The minimum atomic E-state index is -0.557. The SMILES string of the molecule is O=C(NN=C(C=NO)c1ccccc1F)c1cccc(Cl)c1. The molecule has 2 aromatic rings. The summed E-state index contributed by atoms with van der Waals surface area (Å²) < 4.78 is 13.7. The van der Waals surface area contributed by atoms with Gasteiger partial charge in [0.15, 0.2) is 0 Å². The molecule has 0 spiro atoms. The fourth-order valence-electron chi connectivity index (χ4n) is 1.69. The van der Waals surface area contributed by atoms with Gasteiger partial charge >= 0.3 is 0 Å². The molecule has 0 aliphatic carbocycles. The first-order valence-corrected chi connectivity index (χ1v) is 6.55. The van der Waals surface area contributed by atoms with Crippen LogP contribution in [-0.4, -0.2) is 23.0 Å². The first-order valence-electron chi connectivity index (χ1n) is 6.17. The largest absolute Gasteiger partial charge is 0.411 e. The zero-order chi connectivity index (χ0) is 15.9. The van der Waals surface area contributed by atoms with Crippen LogP contribution >= 0.6 is 11.6 Å². The molecule has 22 heavy (non-hydrogen) atoms. The summed E-state index contributed by atoms with van der Waals surface area (Å²) in [4.78, 5) is 11.9. The predicted molar refractivity (Wildman–Crippen MR) is 82.1 cm³/mol. The molecule has 2 aromatic carbocycles. The van der Waals surface area contributed by atoms with Gasteiger partial charge in [0.05, 0.1) is 6.21 Å². The number of hydrogen-bond donors (Lipinski definition) is 2. The van der Waals surface area contributed by atoms with E-state index in [4.69, 9.17) is 16.8 Å². The predicted octanol–water partition coefficient (Wildman–Crippen LogP) is 3.07. The molecule has 1 amide bonds. The lowest BCUT2D eigenvalue weighted by Gasteiger charge is -2.04. The molecule has 7 heteroatoms. The van der Waals surface area contributed by atoms with E-state index in [2.05, 4.69) is 15.7 Å². The first-order chi connectivity index (χ1) is 10.6. The van der Waals surface area contributed by atoms with Crippen LogP contribution in [0, 0.1) is 5.82 Å². The molecule has 2 rings (SSSR count). The summed E-state index contributed by atoms with van der Waals surface area (Å²) in [5.74, 6) is -1.08. The molecule has 0 saturated heterocycles. The third-order valence-electron chi connectivity index (χ3n) is 2.69. The number of oxime groups is 1. The second-order valence-electron chi connectivity index (χ2n) is 4.17. The van der Waals surface area contributed by atoms with Crippen molar-refractivity contribution in [3.05, 3.63) is 70.5 Å². The molecule has 0 aromatic heterocycles. The molecular formula is C15H11ClFN3O2. The lowest BCUT2D eigenvalue weighted by Crippen LogP contribution is -2.21. The van der Waals surface area contributed by atoms with E-state index in [-0.39, 0.29) is 11.3 Å². The third kappa shape index (κ3) is 3.89. The van der Waals surface area contributed by atoms with Gasteiger partial charge in [0.2, 0.25) is 0 Å². The van der Waals surface area contributed by atoms with Crippen LogP contribution in [0.3, 0.4) is 0 Å². The molecular weight excluding hydrogens is 309 g/mol. The number of carbonyl (C=O) groups is 1. The molecule has 5 nitrogen and oxygen atoms in total. The average Bonchev–Trinajstić information content (AvgIpc) is 2.52. The summed E-state index contributed by atoms with van der Waals surface area (Å²) in [7, 11) is 0. The monoisotopic (exact) mass is 319 g/mol. The fraction of sp³-hybridized carbons (Fsp3) is 0. The lowest BCUT2D eigenvalue weighted by molar-refractivity contribution is 0.0955. The molecule has 112 valence electrons. The minimum absolute atomic E-state index is 0.0315. The zero-order valence-corrected chi connectivity index (χ0v) is 12.0. The summed E-state index contributed by atoms with van der Waals surface area (Å²) >= 11 is 5.80. The molecule has 0 aliphatic rings. The Balaban J connectivity index is 2.25. The van der Waals surface area contributed by atoms with Crippen LogP contribution in [0.1, 0.15) is 15.9 Å². The van der Waals surface area contributed by atoms with Crippen molar-refractivity contribution < 1.29 is 14.4 Å². The fourth-order valence-corrected chi connectivity index (χ4v) is 1.88. The van der Waals surface area contributed by atoms with E-state index in [1.54, 1.807) is 24.3 Å². The summed E-state index contributed by atoms with van der Waals surface area (Å²) in [6.45, 7) is 0. The standard InChI is InChI=1S/C15H11ClFN3O2/c16-11-5-3-4-10(8-11)15(21)20-19-14(9-18-22)12-6-1-2-7-13(12)17/h1-9,22H,(H,20,21). The molecule has 0 heterocycles. The van der Waals surface area contributed by atoms with Gasteiger partial charge in [-0.1, -0.05) is 35.0 Å². The third-order valence-corrected chi connectivity index (χ3v) is 2.93. The molecule has 0 saturated carbocycles. The number of hydrogen-bond acceptors (Lipinski definition) is 4. The highest BCUT2D eigenvalue weighted by atomic mass is 35.5. The van der Waals surface area contributed by atoms with Crippen LogP contribution < -0.4 is 5.43 Å². The maximum Gasteiger partial charge on any atom is 0.271 e. The van der Waals surface area contributed by atoms with E-state index >= 15 is 0 Å². The zero-order valence-electron chi connectivity index (χ0n) is 11.2. The molecule has 0 bridgehead atoms. The van der Waals surface area contributed by atoms with Crippen molar-refractivity contribution in [1.29, 1.82) is 0 Å². The van der Waals surface area contributed by atoms with Crippen LogP contribution in [0.5, 0.6) is 0 Å². The van der Waals surface area contributed by atoms with Crippen molar-refractivity contribution >= 4 is 29.4 Å². The Hall–Kier alpha value is -2.73. The van der Waals surface area contributed by atoms with Gasteiger partial charge in [-0.05, 0) is 30.3 Å². The number of rotatable bonds is 4. The van der Waals surface area contributed by atoms with Gasteiger partial charge < -0.3 is 5.21 Å². The highest BCUT2D eigenvalue weighted by Gasteiger charge is 2.09. The van der Waals surface area contributed by atoms with E-state index in [1.165, 1.54) is 24.3 Å². The Morgan fingerprint density at radius 2 is 2.00 bits per heavy atom. The van der Waals surface area contributed by atoms with Gasteiger partial charge in [-0.15, -0.1) is 0 Å². The smallest absolute Gasteiger partial charge is 0.271 e. The molecule has 0 aliphatic heterocycles.